The fraction of sp³-hybridized carbons (Fsp3) is 0.258. The van der Waals surface area contributed by atoms with Crippen molar-refractivity contribution in [1.82, 2.24) is 15.1 Å². The van der Waals surface area contributed by atoms with Crippen LogP contribution in [0.5, 0.6) is 11.5 Å². The summed E-state index contributed by atoms with van der Waals surface area (Å²) in [5, 5.41) is 10.6. The monoisotopic (exact) mass is 526 g/mol. The minimum absolute atomic E-state index is 0.0781. The normalized spacial score (nSPS) is 11.5. The molecule has 2 N–H and O–H groups in total. The molecule has 39 heavy (non-hydrogen) atoms. The molecule has 4 aromatic rings. The molecule has 2 amide bonds. The number of aromatic nitrogens is 2. The number of rotatable bonds is 12. The van der Waals surface area contributed by atoms with Gasteiger partial charge < -0.3 is 20.1 Å². The smallest absolute Gasteiger partial charge is 0.227 e. The number of methoxy groups -OCH3 is 2. The van der Waals surface area contributed by atoms with Crippen molar-refractivity contribution in [3.63, 3.8) is 0 Å². The Morgan fingerprint density at radius 1 is 0.897 bits per heavy atom. The lowest BCUT2D eigenvalue weighted by atomic mass is 9.99. The molecule has 0 saturated heterocycles. The van der Waals surface area contributed by atoms with Gasteiger partial charge in [-0.3, -0.25) is 9.59 Å². The molecule has 0 aliphatic heterocycles. The van der Waals surface area contributed by atoms with Crippen LogP contribution in [0.15, 0.2) is 85.1 Å². The predicted octanol–water partition coefficient (Wildman–Crippen LogP) is 5.59. The summed E-state index contributed by atoms with van der Waals surface area (Å²) in [6.45, 7) is 2.34. The summed E-state index contributed by atoms with van der Waals surface area (Å²) < 4.78 is 12.4. The zero-order chi connectivity index (χ0) is 27.6. The summed E-state index contributed by atoms with van der Waals surface area (Å²) in [5.41, 5.74) is 3.58. The topological polar surface area (TPSA) is 94.5 Å². The van der Waals surface area contributed by atoms with E-state index in [0.29, 0.717) is 43.1 Å². The third-order valence-corrected chi connectivity index (χ3v) is 6.51. The number of carbonyl (C=O) groups is 2. The first-order valence-corrected chi connectivity index (χ1v) is 13.0. The maximum absolute atomic E-state index is 12.8. The van der Waals surface area contributed by atoms with E-state index in [2.05, 4.69) is 15.7 Å². The minimum atomic E-state index is -0.343. The van der Waals surface area contributed by atoms with Crippen LogP contribution in [0.1, 0.15) is 37.7 Å². The number of benzene rings is 3. The van der Waals surface area contributed by atoms with Crippen LogP contribution in [-0.4, -0.2) is 42.4 Å². The van der Waals surface area contributed by atoms with Gasteiger partial charge in [-0.2, -0.15) is 0 Å². The van der Waals surface area contributed by atoms with Gasteiger partial charge >= 0.3 is 0 Å². The standard InChI is InChI=1S/C31H34N4O4/c1-22(24-17-18-27(38-2)28(20-24)39-3)31(37)32-19-11-10-16-29(36)33-30-26(23-12-6-4-7-13-23)21-35(34-30)25-14-8-5-9-15-25/h4-9,12-15,17-18,20-22H,10-11,16,19H2,1-3H3,(H,32,37)(H,33,34,36). The number of anilines is 1. The van der Waals surface area contributed by atoms with Gasteiger partial charge in [0.2, 0.25) is 11.8 Å². The molecule has 0 radical (unpaired) electrons. The number of hydrogen-bond donors (Lipinski definition) is 2. The van der Waals surface area contributed by atoms with Gasteiger partial charge in [0.05, 0.1) is 25.8 Å². The Kier molecular flexibility index (Phi) is 9.34. The van der Waals surface area contributed by atoms with E-state index in [9.17, 15) is 9.59 Å². The van der Waals surface area contributed by atoms with Crippen molar-refractivity contribution < 1.29 is 19.1 Å². The largest absolute Gasteiger partial charge is 0.493 e. The summed E-state index contributed by atoms with van der Waals surface area (Å²) >= 11 is 0. The molecule has 0 aliphatic carbocycles. The first-order chi connectivity index (χ1) is 19.0. The van der Waals surface area contributed by atoms with Crippen LogP contribution in [0.3, 0.4) is 0 Å². The molecule has 1 aromatic heterocycles. The highest BCUT2D eigenvalue weighted by atomic mass is 16.5. The summed E-state index contributed by atoms with van der Waals surface area (Å²) in [4.78, 5) is 25.4. The lowest BCUT2D eigenvalue weighted by molar-refractivity contribution is -0.122. The number of nitrogens with zero attached hydrogens (tertiary/aromatic N) is 2. The van der Waals surface area contributed by atoms with Gasteiger partial charge in [-0.15, -0.1) is 5.10 Å². The summed E-state index contributed by atoms with van der Waals surface area (Å²) in [5.74, 6) is 1.19. The van der Waals surface area contributed by atoms with Crippen molar-refractivity contribution in [2.45, 2.75) is 32.1 Å². The van der Waals surface area contributed by atoms with Gasteiger partial charge in [0.1, 0.15) is 0 Å². The number of ether oxygens (including phenoxy) is 2. The first-order valence-electron chi connectivity index (χ1n) is 13.0. The number of carbonyl (C=O) groups excluding carboxylic acids is 2. The van der Waals surface area contributed by atoms with E-state index in [1.165, 1.54) is 0 Å². The van der Waals surface area contributed by atoms with Gasteiger partial charge in [-0.05, 0) is 55.2 Å². The van der Waals surface area contributed by atoms with Gasteiger partial charge in [0, 0.05) is 24.7 Å². The second-order valence-corrected chi connectivity index (χ2v) is 9.17. The summed E-state index contributed by atoms with van der Waals surface area (Å²) in [7, 11) is 3.15. The van der Waals surface area contributed by atoms with Crippen molar-refractivity contribution in [2.75, 3.05) is 26.1 Å². The molecule has 0 aliphatic rings. The Hall–Kier alpha value is -4.59. The average molecular weight is 527 g/mol. The van der Waals surface area contributed by atoms with Crippen molar-refractivity contribution in [3.8, 4) is 28.3 Å². The van der Waals surface area contributed by atoms with Crippen LogP contribution < -0.4 is 20.1 Å². The zero-order valence-electron chi connectivity index (χ0n) is 22.5. The maximum atomic E-state index is 12.8. The highest BCUT2D eigenvalue weighted by Crippen LogP contribution is 2.31. The third kappa shape index (κ3) is 7.04. The second kappa shape index (κ2) is 13.3. The molecule has 1 unspecified atom stereocenters. The van der Waals surface area contributed by atoms with Crippen LogP contribution in [0.25, 0.3) is 16.8 Å². The lowest BCUT2D eigenvalue weighted by Crippen LogP contribution is -2.29. The Bertz CT molecular complexity index is 1390. The van der Waals surface area contributed by atoms with Crippen molar-refractivity contribution in [3.05, 3.63) is 90.6 Å². The Balaban J connectivity index is 1.29. The predicted molar refractivity (Wildman–Crippen MR) is 152 cm³/mol. The maximum Gasteiger partial charge on any atom is 0.227 e. The number of unbranched alkanes of at least 4 members (excludes halogenated alkanes) is 1. The SMILES string of the molecule is COc1ccc(C(C)C(=O)NCCCCC(=O)Nc2nn(-c3ccccc3)cc2-c2ccccc2)cc1OC. The molecule has 8 nitrogen and oxygen atoms in total. The highest BCUT2D eigenvalue weighted by Gasteiger charge is 2.18. The van der Waals surface area contributed by atoms with Crippen molar-refractivity contribution >= 4 is 17.6 Å². The molecule has 0 fully saturated rings. The van der Waals surface area contributed by atoms with E-state index in [0.717, 1.165) is 22.4 Å². The Morgan fingerprint density at radius 2 is 1.59 bits per heavy atom. The second-order valence-electron chi connectivity index (χ2n) is 9.17. The van der Waals surface area contributed by atoms with Crippen LogP contribution in [-0.2, 0) is 9.59 Å². The molecule has 1 atom stereocenters. The molecule has 0 bridgehead atoms. The number of nitrogens with one attached hydrogen (secondary N) is 2. The summed E-state index contributed by atoms with van der Waals surface area (Å²) in [6.07, 6.45) is 3.57. The van der Waals surface area contributed by atoms with E-state index in [4.69, 9.17) is 9.47 Å². The molecule has 1 heterocycles. The highest BCUT2D eigenvalue weighted by molar-refractivity contribution is 5.94. The molecular weight excluding hydrogens is 492 g/mol. The fourth-order valence-electron chi connectivity index (χ4n) is 4.25. The zero-order valence-corrected chi connectivity index (χ0v) is 22.5. The number of hydrogen-bond acceptors (Lipinski definition) is 5. The molecule has 8 heteroatoms. The third-order valence-electron chi connectivity index (χ3n) is 6.51. The van der Waals surface area contributed by atoms with Gasteiger partial charge in [0.25, 0.3) is 0 Å². The van der Waals surface area contributed by atoms with Gasteiger partial charge in [-0.25, -0.2) is 4.68 Å². The van der Waals surface area contributed by atoms with Crippen LogP contribution in [0, 0.1) is 0 Å². The van der Waals surface area contributed by atoms with E-state index in [-0.39, 0.29) is 17.7 Å². The molecule has 3 aromatic carbocycles. The molecular formula is C31H34N4O4. The van der Waals surface area contributed by atoms with E-state index in [1.54, 1.807) is 25.0 Å². The average Bonchev–Trinajstić information content (AvgIpc) is 3.40. The number of amides is 2. The van der Waals surface area contributed by atoms with E-state index >= 15 is 0 Å². The lowest BCUT2D eigenvalue weighted by Gasteiger charge is -2.15. The van der Waals surface area contributed by atoms with E-state index < -0.39 is 0 Å². The van der Waals surface area contributed by atoms with E-state index in [1.807, 2.05) is 85.9 Å². The molecule has 0 saturated carbocycles. The minimum Gasteiger partial charge on any atom is -0.493 e. The van der Waals surface area contributed by atoms with Gasteiger partial charge in [-0.1, -0.05) is 54.6 Å². The van der Waals surface area contributed by atoms with Crippen LogP contribution in [0.4, 0.5) is 5.82 Å². The van der Waals surface area contributed by atoms with Gasteiger partial charge in [0.15, 0.2) is 17.3 Å². The molecule has 4 rings (SSSR count). The van der Waals surface area contributed by atoms with Crippen LogP contribution >= 0.6 is 0 Å². The first kappa shape index (κ1) is 27.4. The van der Waals surface area contributed by atoms with Crippen molar-refractivity contribution in [1.29, 1.82) is 0 Å². The molecule has 0 spiro atoms. The summed E-state index contributed by atoms with van der Waals surface area (Å²) in [6, 6.07) is 25.1. The van der Waals surface area contributed by atoms with Crippen LogP contribution in [0.2, 0.25) is 0 Å². The Morgan fingerprint density at radius 3 is 2.28 bits per heavy atom. The molecule has 202 valence electrons. The van der Waals surface area contributed by atoms with Crippen molar-refractivity contribution in [2.24, 2.45) is 0 Å². The quantitative estimate of drug-likeness (QED) is 0.235. The Labute approximate surface area is 229 Å². The fourth-order valence-corrected chi connectivity index (χ4v) is 4.25. The number of para-hydroxylation sites is 1.